The maximum absolute atomic E-state index is 12.3. The Morgan fingerprint density at radius 2 is 2.11 bits per heavy atom. The fourth-order valence-corrected chi connectivity index (χ4v) is 1.28. The molecule has 1 aromatic rings. The van der Waals surface area contributed by atoms with Gasteiger partial charge in [0, 0.05) is 24.4 Å². The summed E-state index contributed by atoms with van der Waals surface area (Å²) in [7, 11) is 0. The summed E-state index contributed by atoms with van der Waals surface area (Å²) in [6, 6.07) is 6.52. The lowest BCUT2D eigenvalue weighted by Crippen LogP contribution is -2.28. The number of rotatable bonds is 6. The average Bonchev–Trinajstić information content (AvgIpc) is 2.42. The fourth-order valence-electron chi connectivity index (χ4n) is 1.28. The molecule has 104 valence electrons. The Labute approximate surface area is 111 Å². The molecule has 0 aliphatic rings. The summed E-state index contributed by atoms with van der Waals surface area (Å²) in [5.74, 6) is 0.578. The van der Waals surface area contributed by atoms with Crippen molar-refractivity contribution in [2.24, 2.45) is 5.73 Å². The minimum atomic E-state index is -0.262. The molecular formula is C13H18FN3O2. The highest BCUT2D eigenvalue weighted by Gasteiger charge is 2.01. The lowest BCUT2D eigenvalue weighted by atomic mass is 10.3. The van der Waals surface area contributed by atoms with E-state index in [1.807, 2.05) is 6.92 Å². The molecule has 1 aromatic carbocycles. The first-order chi connectivity index (χ1) is 9.19. The zero-order valence-corrected chi connectivity index (χ0v) is 10.8. The number of nitrogens with two attached hydrogens (primary N) is 1. The van der Waals surface area contributed by atoms with Crippen LogP contribution < -0.4 is 21.1 Å². The molecule has 0 atom stereocenters. The maximum Gasteiger partial charge on any atom is 0.319 e. The molecule has 4 N–H and O–H groups in total. The van der Waals surface area contributed by atoms with Crippen LogP contribution in [-0.2, 0) is 0 Å². The number of carbonyl (C=O) groups is 1. The van der Waals surface area contributed by atoms with Crippen molar-refractivity contribution in [1.29, 1.82) is 0 Å². The first kappa shape index (κ1) is 15.0. The zero-order chi connectivity index (χ0) is 14.1. The van der Waals surface area contributed by atoms with Crippen molar-refractivity contribution >= 4 is 11.7 Å². The Morgan fingerprint density at radius 1 is 1.42 bits per heavy atom. The van der Waals surface area contributed by atoms with Gasteiger partial charge in [-0.25, -0.2) is 9.18 Å². The Morgan fingerprint density at radius 3 is 2.63 bits per heavy atom. The summed E-state index contributed by atoms with van der Waals surface area (Å²) in [4.78, 5) is 11.3. The maximum atomic E-state index is 12.3. The van der Waals surface area contributed by atoms with Gasteiger partial charge in [-0.2, -0.15) is 0 Å². The second-order valence-corrected chi connectivity index (χ2v) is 3.77. The number of urea groups is 1. The van der Waals surface area contributed by atoms with Crippen molar-refractivity contribution < 1.29 is 13.9 Å². The van der Waals surface area contributed by atoms with Crippen molar-refractivity contribution in [3.8, 4) is 5.75 Å². The van der Waals surface area contributed by atoms with Crippen LogP contribution >= 0.6 is 0 Å². The average molecular weight is 267 g/mol. The summed E-state index contributed by atoms with van der Waals surface area (Å²) < 4.78 is 17.6. The molecule has 0 aliphatic carbocycles. The van der Waals surface area contributed by atoms with Crippen molar-refractivity contribution in [2.45, 2.75) is 6.92 Å². The summed E-state index contributed by atoms with van der Waals surface area (Å²) in [5.41, 5.74) is 6.34. The van der Waals surface area contributed by atoms with Gasteiger partial charge in [-0.05, 0) is 31.2 Å². The van der Waals surface area contributed by atoms with E-state index in [1.165, 1.54) is 0 Å². The van der Waals surface area contributed by atoms with E-state index in [-0.39, 0.29) is 19.2 Å². The van der Waals surface area contributed by atoms with Crippen LogP contribution in [0.4, 0.5) is 14.9 Å². The van der Waals surface area contributed by atoms with Crippen LogP contribution in [0, 0.1) is 0 Å². The van der Waals surface area contributed by atoms with E-state index >= 15 is 0 Å². The number of nitrogens with one attached hydrogen (secondary N) is 2. The minimum absolute atomic E-state index is 0.107. The first-order valence-electron chi connectivity index (χ1n) is 5.95. The van der Waals surface area contributed by atoms with Gasteiger partial charge in [0.15, 0.2) is 0 Å². The number of hydrogen-bond donors (Lipinski definition) is 3. The van der Waals surface area contributed by atoms with Crippen molar-refractivity contribution in [3.05, 3.63) is 36.2 Å². The second kappa shape index (κ2) is 8.10. The molecule has 0 fully saturated rings. The van der Waals surface area contributed by atoms with Gasteiger partial charge >= 0.3 is 6.03 Å². The SMILES string of the molecule is CCNC(=O)Nc1ccc(OC/C(=C/F)CN)cc1. The molecule has 0 spiro atoms. The fraction of sp³-hybridized carbons (Fsp3) is 0.308. The normalized spacial score (nSPS) is 11.0. The van der Waals surface area contributed by atoms with Crippen LogP contribution in [0.15, 0.2) is 36.2 Å². The largest absolute Gasteiger partial charge is 0.489 e. The predicted molar refractivity (Wildman–Crippen MR) is 72.9 cm³/mol. The van der Waals surface area contributed by atoms with E-state index in [1.54, 1.807) is 24.3 Å². The second-order valence-electron chi connectivity index (χ2n) is 3.77. The van der Waals surface area contributed by atoms with Crippen LogP contribution in [0.1, 0.15) is 6.92 Å². The van der Waals surface area contributed by atoms with Crippen LogP contribution in [-0.4, -0.2) is 25.7 Å². The van der Waals surface area contributed by atoms with Crippen molar-refractivity contribution in [2.75, 3.05) is 25.0 Å². The molecule has 0 radical (unpaired) electrons. The first-order valence-corrected chi connectivity index (χ1v) is 5.95. The summed E-state index contributed by atoms with van der Waals surface area (Å²) in [6.07, 6.45) is 0.449. The number of ether oxygens (including phenoxy) is 1. The Bertz CT molecular complexity index is 432. The van der Waals surface area contributed by atoms with Crippen molar-refractivity contribution in [3.63, 3.8) is 0 Å². The highest BCUT2D eigenvalue weighted by molar-refractivity contribution is 5.89. The standard InChI is InChI=1S/C13H18FN3O2/c1-2-16-13(18)17-11-3-5-12(6-4-11)19-9-10(7-14)8-15/h3-7H,2,8-9,15H2,1H3,(H2,16,17,18)/b10-7+. The topological polar surface area (TPSA) is 76.4 Å². The predicted octanol–water partition coefficient (Wildman–Crippen LogP) is 2.02. The third kappa shape index (κ3) is 5.39. The minimum Gasteiger partial charge on any atom is -0.489 e. The highest BCUT2D eigenvalue weighted by atomic mass is 19.1. The Balaban J connectivity index is 2.50. The van der Waals surface area contributed by atoms with E-state index in [4.69, 9.17) is 10.5 Å². The number of anilines is 1. The quantitative estimate of drug-likeness (QED) is 0.738. The molecule has 19 heavy (non-hydrogen) atoms. The van der Waals surface area contributed by atoms with Crippen LogP contribution in [0.25, 0.3) is 0 Å². The molecular weight excluding hydrogens is 249 g/mol. The lowest BCUT2D eigenvalue weighted by Gasteiger charge is -2.09. The van der Waals surface area contributed by atoms with E-state index in [0.29, 0.717) is 29.9 Å². The van der Waals surface area contributed by atoms with E-state index in [2.05, 4.69) is 10.6 Å². The Kier molecular flexibility index (Phi) is 6.38. The molecule has 0 aliphatic heterocycles. The zero-order valence-electron chi connectivity index (χ0n) is 10.8. The number of halogens is 1. The van der Waals surface area contributed by atoms with Gasteiger partial charge in [-0.1, -0.05) is 0 Å². The highest BCUT2D eigenvalue weighted by Crippen LogP contribution is 2.16. The molecule has 6 heteroatoms. The molecule has 5 nitrogen and oxygen atoms in total. The van der Waals surface area contributed by atoms with Crippen LogP contribution in [0.3, 0.4) is 0 Å². The van der Waals surface area contributed by atoms with Gasteiger partial charge in [0.05, 0.1) is 6.33 Å². The summed E-state index contributed by atoms with van der Waals surface area (Å²) in [6.45, 7) is 2.62. The van der Waals surface area contributed by atoms with Gasteiger partial charge < -0.3 is 21.1 Å². The number of benzene rings is 1. The van der Waals surface area contributed by atoms with Gasteiger partial charge in [0.1, 0.15) is 12.4 Å². The molecule has 0 unspecified atom stereocenters. The Hall–Kier alpha value is -2.08. The molecule has 0 aromatic heterocycles. The third-order valence-corrected chi connectivity index (χ3v) is 2.29. The lowest BCUT2D eigenvalue weighted by molar-refractivity contribution is 0.252. The monoisotopic (exact) mass is 267 g/mol. The number of amides is 2. The summed E-state index contributed by atoms with van der Waals surface area (Å²) in [5, 5.41) is 5.28. The van der Waals surface area contributed by atoms with E-state index in [0.717, 1.165) is 0 Å². The number of carbonyl (C=O) groups excluding carboxylic acids is 1. The van der Waals surface area contributed by atoms with Gasteiger partial charge in [0.25, 0.3) is 0 Å². The van der Waals surface area contributed by atoms with Crippen molar-refractivity contribution in [1.82, 2.24) is 5.32 Å². The van der Waals surface area contributed by atoms with E-state index < -0.39 is 0 Å². The third-order valence-electron chi connectivity index (χ3n) is 2.29. The van der Waals surface area contributed by atoms with Gasteiger partial charge in [-0.15, -0.1) is 0 Å². The molecule has 0 saturated carbocycles. The molecule has 2 amide bonds. The summed E-state index contributed by atoms with van der Waals surface area (Å²) >= 11 is 0. The smallest absolute Gasteiger partial charge is 0.319 e. The van der Waals surface area contributed by atoms with Gasteiger partial charge in [-0.3, -0.25) is 0 Å². The van der Waals surface area contributed by atoms with Crippen LogP contribution in [0.2, 0.25) is 0 Å². The molecule has 1 rings (SSSR count). The number of hydrogen-bond acceptors (Lipinski definition) is 3. The molecule has 0 bridgehead atoms. The molecule has 0 heterocycles. The van der Waals surface area contributed by atoms with E-state index in [9.17, 15) is 9.18 Å². The van der Waals surface area contributed by atoms with Gasteiger partial charge in [0.2, 0.25) is 0 Å². The molecule has 0 saturated heterocycles. The van der Waals surface area contributed by atoms with Crippen LogP contribution in [0.5, 0.6) is 5.75 Å².